The second-order valence-corrected chi connectivity index (χ2v) is 28.9. The molecule has 0 bridgehead atoms. The average molecular weight is 1530 g/mol. The number of piperidine rings is 1. The van der Waals surface area contributed by atoms with Gasteiger partial charge >= 0.3 is 12.0 Å². The molecule has 0 saturated carbocycles. The normalized spacial score (nSPS) is 23.6. The van der Waals surface area contributed by atoms with Gasteiger partial charge in [-0.25, -0.2) is 9.59 Å². The summed E-state index contributed by atoms with van der Waals surface area (Å²) in [6.07, 6.45) is -12.1. The number of aromatic hydroxyl groups is 1. The van der Waals surface area contributed by atoms with Crippen LogP contribution in [0.4, 0.5) is 4.79 Å². The minimum absolute atomic E-state index is 0.0106. The zero-order chi connectivity index (χ0) is 81.9. The van der Waals surface area contributed by atoms with Crippen LogP contribution in [-0.2, 0) is 71.8 Å². The summed E-state index contributed by atoms with van der Waals surface area (Å²) < 4.78 is 11.9. The molecule has 2 aliphatic heterocycles. The Bertz CT molecular complexity index is 3290. The molecule has 2 aliphatic rings. The Labute approximate surface area is 628 Å². The predicted octanol–water partition coefficient (Wildman–Crippen LogP) is -4.52. The summed E-state index contributed by atoms with van der Waals surface area (Å²) in [5.41, 5.74) is 27.9. The van der Waals surface area contributed by atoms with Gasteiger partial charge in [0.2, 0.25) is 65.0 Å². The van der Waals surface area contributed by atoms with E-state index < -0.39 is 211 Å². The van der Waals surface area contributed by atoms with Crippen LogP contribution in [-0.4, -0.2) is 249 Å². The monoisotopic (exact) mass is 1530 g/mol. The molecule has 108 heavy (non-hydrogen) atoms. The topological polar surface area (TPSA) is 616 Å². The second-order valence-electron chi connectivity index (χ2n) is 28.9. The zero-order valence-corrected chi connectivity index (χ0v) is 63.9. The number of phenols is 1. The summed E-state index contributed by atoms with van der Waals surface area (Å²) in [5.74, 6) is -19.3. The maximum Gasteiger partial charge on any atom is 0.329 e. The molecule has 14 amide bonds. The summed E-state index contributed by atoms with van der Waals surface area (Å²) >= 11 is 0. The largest absolute Gasteiger partial charge is 0.508 e. The van der Waals surface area contributed by atoms with Gasteiger partial charge in [0.15, 0.2) is 12.1 Å². The number of amides is 14. The minimum atomic E-state index is -2.58. The van der Waals surface area contributed by atoms with Gasteiger partial charge in [0.1, 0.15) is 78.4 Å². The number of aliphatic imine (C=N–C) groups is 1. The fraction of sp³-hybridized carbons (Fsp3) is 0.700. The lowest BCUT2D eigenvalue weighted by molar-refractivity contribution is -0.165. The lowest BCUT2D eigenvalue weighted by Crippen LogP contribution is -2.65. The molecule has 1 aromatic carbocycles. The number of primary amides is 3. The number of hydrogen-bond donors (Lipinski definition) is 19. The van der Waals surface area contributed by atoms with E-state index in [0.29, 0.717) is 6.42 Å². The van der Waals surface area contributed by atoms with E-state index in [2.05, 4.69) is 52.8 Å². The fourth-order valence-electron chi connectivity index (χ4n) is 12.8. The number of nitrogens with one attached hydrogen (secondary N) is 9. The summed E-state index contributed by atoms with van der Waals surface area (Å²) in [6.45, 7) is 16.0. The quantitative estimate of drug-likeness (QED) is 0.0134. The van der Waals surface area contributed by atoms with E-state index in [4.69, 9.17) is 38.1 Å². The van der Waals surface area contributed by atoms with Crippen LogP contribution in [0, 0.1) is 35.5 Å². The summed E-state index contributed by atoms with van der Waals surface area (Å²) in [4.78, 5) is 205. The van der Waals surface area contributed by atoms with Crippen molar-refractivity contribution in [2.24, 2.45) is 69.2 Å². The first kappa shape index (κ1) is 92.7. The third-order valence-electron chi connectivity index (χ3n) is 19.3. The Kier molecular flexibility index (Phi) is 37.8. The number of hydrogen-bond acceptors (Lipinski definition) is 22. The molecule has 0 spiro atoms. The summed E-state index contributed by atoms with van der Waals surface area (Å²) in [7, 11) is 2.39. The Morgan fingerprint density at radius 2 is 1.31 bits per heavy atom. The van der Waals surface area contributed by atoms with Gasteiger partial charge in [-0.05, 0) is 126 Å². The molecule has 0 aliphatic carbocycles. The van der Waals surface area contributed by atoms with Crippen molar-refractivity contribution in [1.82, 2.24) is 57.7 Å². The van der Waals surface area contributed by atoms with Crippen LogP contribution >= 0.6 is 0 Å². The summed E-state index contributed by atoms with van der Waals surface area (Å²) in [5, 5.41) is 78.4. The van der Waals surface area contributed by atoms with Gasteiger partial charge in [0.25, 0.3) is 5.91 Å². The number of aliphatic hydroxyl groups excluding tert-OH is 4. The number of rotatable bonds is 34. The van der Waals surface area contributed by atoms with Crippen molar-refractivity contribution < 1.29 is 102 Å². The first-order valence-corrected chi connectivity index (χ1v) is 36.4. The highest BCUT2D eigenvalue weighted by Crippen LogP contribution is 2.30. The number of ether oxygens (including phenoxy) is 2. The number of cyclic esters (lactones) is 1. The number of carbonyl (C=O) groups excluding carboxylic acids is 14. The highest BCUT2D eigenvalue weighted by molar-refractivity contribution is 5.99. The van der Waals surface area contributed by atoms with E-state index in [0.717, 1.165) is 23.6 Å². The molecule has 0 aromatic heterocycles. The molecule has 2 fully saturated rings. The molecule has 0 radical (unpaired) electrons. The van der Waals surface area contributed by atoms with Crippen molar-refractivity contribution in [2.75, 3.05) is 33.8 Å². The van der Waals surface area contributed by atoms with E-state index in [1.807, 2.05) is 13.8 Å². The lowest BCUT2D eigenvalue weighted by atomic mass is 9.87. The third kappa shape index (κ3) is 28.2. The van der Waals surface area contributed by atoms with Crippen molar-refractivity contribution in [3.8, 4) is 5.75 Å². The van der Waals surface area contributed by atoms with Crippen LogP contribution in [0.5, 0.6) is 5.75 Å². The molecule has 1 aromatic rings. The van der Waals surface area contributed by atoms with Crippen molar-refractivity contribution in [2.45, 2.75) is 244 Å². The van der Waals surface area contributed by atoms with Crippen molar-refractivity contribution >= 4 is 88.8 Å². The molecule has 2 heterocycles. The first-order valence-electron chi connectivity index (χ1n) is 36.4. The van der Waals surface area contributed by atoms with Gasteiger partial charge in [-0.15, -0.1) is 0 Å². The van der Waals surface area contributed by atoms with Crippen LogP contribution in [0.25, 0.3) is 0 Å². The number of carbonyl (C=O) groups is 14. The number of fused-ring (bicyclic) bond motifs is 1. The van der Waals surface area contributed by atoms with Crippen LogP contribution in [0.15, 0.2) is 29.3 Å². The second kappa shape index (κ2) is 44.1. The molecule has 13 unspecified atom stereocenters. The van der Waals surface area contributed by atoms with E-state index in [9.17, 15) is 68.7 Å². The van der Waals surface area contributed by atoms with Crippen molar-refractivity contribution in [3.63, 3.8) is 0 Å². The van der Waals surface area contributed by atoms with Crippen molar-refractivity contribution in [3.05, 3.63) is 29.8 Å². The first-order chi connectivity index (χ1) is 50.4. The van der Waals surface area contributed by atoms with Crippen LogP contribution < -0.4 is 76.5 Å². The molecule has 38 nitrogen and oxygen atoms in total. The van der Waals surface area contributed by atoms with Gasteiger partial charge in [0.05, 0.1) is 24.2 Å². The standard InChI is InChI=1S/C70H117N17O21/c1-32(2)30-34(5)53(91)37(8)58(95)78-38(9)59(96)79-43(18-16-27-76-69(73)74)54(92)55(93)65(102)82-49(35(6)36(7)57(72)94)62(99)84-51-40(11)108-68(105)47-20-14-15-29-87(47)67(104)52(56(107-13)41-21-23-42(89)24-22-41)85-61(98)46(25-26-48(71)90)86(12)66(103)45(31-33(3)4)81-60(97)44(19-17-28-77-70(75)106)80-63(100)50(39(10)88)83-64(51)101/h21-24,32-40,43-47,49-56,88-89,91-93H,14-20,25-31H2,1-13H3,(H2,71,90)(H2,72,94)(H,78,95)(H,79,96)(H,80,100)(H,81,97)(H,82,102)(H,83,101)(H,84,99)(H,85,98)(H4,73,74,76)(H3,75,77,106)/t34?,35?,36?,37?,38?,39-,40+,43?,44-,45?,46?,47-,49-,50?,51-,52-,53?,54?,55?,56?/m0/s1. The molecular formula is C70H117N17O21. The number of benzene rings is 1. The maximum atomic E-state index is 15.6. The Hall–Kier alpha value is -9.53. The van der Waals surface area contributed by atoms with E-state index in [1.165, 1.54) is 66.1 Å². The van der Waals surface area contributed by atoms with E-state index in [1.54, 1.807) is 20.8 Å². The van der Waals surface area contributed by atoms with Gasteiger partial charge < -0.3 is 121 Å². The number of phenolic OH excluding ortho intramolecular Hbond substituents is 1. The number of nitrogens with two attached hydrogens (primary N) is 5. The van der Waals surface area contributed by atoms with Gasteiger partial charge in [0, 0.05) is 46.1 Å². The van der Waals surface area contributed by atoms with E-state index in [-0.39, 0.29) is 106 Å². The summed E-state index contributed by atoms with van der Waals surface area (Å²) in [6, 6.07) is -13.3. The average Bonchev–Trinajstić information content (AvgIpc) is 0.795. The fourth-order valence-corrected chi connectivity index (χ4v) is 12.8. The number of guanidine groups is 1. The molecule has 24 N–H and O–H groups in total. The Balaban J connectivity index is 2.35. The Morgan fingerprint density at radius 3 is 1.87 bits per heavy atom. The molecule has 2 saturated heterocycles. The van der Waals surface area contributed by atoms with Gasteiger partial charge in [-0.1, -0.05) is 67.5 Å². The number of methoxy groups -OCH3 is 1. The molecule has 3 rings (SSSR count). The van der Waals surface area contributed by atoms with Crippen LogP contribution in [0.2, 0.25) is 0 Å². The lowest BCUT2D eigenvalue weighted by Gasteiger charge is -2.39. The van der Waals surface area contributed by atoms with Crippen LogP contribution in [0.1, 0.15) is 158 Å². The smallest absolute Gasteiger partial charge is 0.329 e. The number of nitrogens with zero attached hydrogens (tertiary/aromatic N) is 3. The number of likely N-dealkylation sites (N-methyl/N-ethyl adjacent to an activating group) is 1. The number of urea groups is 1. The highest BCUT2D eigenvalue weighted by atomic mass is 16.5. The van der Waals surface area contributed by atoms with Gasteiger partial charge in [-0.2, -0.15) is 0 Å². The zero-order valence-electron chi connectivity index (χ0n) is 63.9. The van der Waals surface area contributed by atoms with E-state index >= 15 is 24.0 Å². The SMILES string of the molecule is COC(c1ccc(O)cc1)[C@@H]1NC(=O)C(CCC(N)=O)N(C)C(=O)C(CC(C)C)NC(=O)[C@H](CCCNC(N)=O)NC(=O)C([C@H](C)O)NC(=O)[C@@H](NC(=O)[C@@H](NC(=O)C(O)C(O)C(CCCN=C(N)N)NC(=O)C(C)NC(=O)C(C)C(O)C(C)CC(C)C)C(C)C(C)C(N)=O)[C@@H](C)OC(=O)[C@@H]2CCCCN2C1=O. The number of aliphatic hydroxyl groups is 4. The molecule has 20 atom stereocenters. The van der Waals surface area contributed by atoms with Crippen LogP contribution in [0.3, 0.4) is 0 Å². The third-order valence-corrected chi connectivity index (χ3v) is 19.3. The highest BCUT2D eigenvalue weighted by Gasteiger charge is 2.47. The molecule has 38 heteroatoms. The number of esters is 1. The Morgan fingerprint density at radius 1 is 0.685 bits per heavy atom. The maximum absolute atomic E-state index is 15.6. The van der Waals surface area contributed by atoms with Crippen molar-refractivity contribution in [1.29, 1.82) is 0 Å². The molecular weight excluding hydrogens is 1410 g/mol. The minimum Gasteiger partial charge on any atom is -0.508 e. The predicted molar refractivity (Wildman–Crippen MR) is 390 cm³/mol. The van der Waals surface area contributed by atoms with Gasteiger partial charge in [-0.3, -0.25) is 62.5 Å². The molecule has 608 valence electrons.